The van der Waals surface area contributed by atoms with E-state index in [-0.39, 0.29) is 11.2 Å². The fourth-order valence-electron chi connectivity index (χ4n) is 6.20. The van der Waals surface area contributed by atoms with Gasteiger partial charge in [-0.05, 0) is 68.4 Å². The minimum Gasteiger partial charge on any atom is -0.355 e. The van der Waals surface area contributed by atoms with Gasteiger partial charge in [0.1, 0.15) is 5.82 Å². The molecule has 120 valence electrons. The van der Waals surface area contributed by atoms with Gasteiger partial charge in [-0.25, -0.2) is 4.39 Å². The summed E-state index contributed by atoms with van der Waals surface area (Å²) >= 11 is 6.01. The van der Waals surface area contributed by atoms with Crippen LogP contribution < -0.4 is 0 Å². The monoisotopic (exact) mass is 331 g/mol. The number of hydrogen-bond donors (Lipinski definition) is 1. The fourth-order valence-corrected chi connectivity index (χ4v) is 6.40. The third-order valence-electron chi connectivity index (χ3n) is 6.55. The number of fused-ring (bicyclic) bond motifs is 1. The minimum absolute atomic E-state index is 0.0446. The van der Waals surface area contributed by atoms with E-state index in [1.165, 1.54) is 25.3 Å². The Bertz CT molecular complexity index is 789. The second-order valence-electron chi connectivity index (χ2n) is 8.04. The molecule has 0 atom stereocenters. The first kappa shape index (κ1) is 14.0. The van der Waals surface area contributed by atoms with Gasteiger partial charge in [-0.3, -0.25) is 4.79 Å². The molecule has 4 fully saturated rings. The largest absolute Gasteiger partial charge is 0.355 e. The molecule has 23 heavy (non-hydrogen) atoms. The average Bonchev–Trinajstić information content (AvgIpc) is 2.85. The smallest absolute Gasteiger partial charge is 0.152 e. The van der Waals surface area contributed by atoms with E-state index in [4.69, 9.17) is 11.6 Å². The van der Waals surface area contributed by atoms with Crippen LogP contribution in [-0.4, -0.2) is 11.3 Å². The standard InChI is InChI=1S/C19H19ClFNO/c20-13-4-14-15(9-23)18(22-17(14)16(21)5-13)19-6-10-1-11(7-19)3-12(2-10)8-19/h4-5,9-12,22H,1-3,6-8H2. The molecule has 0 aliphatic heterocycles. The van der Waals surface area contributed by atoms with E-state index in [0.29, 0.717) is 21.5 Å². The van der Waals surface area contributed by atoms with Crippen molar-refractivity contribution in [1.29, 1.82) is 0 Å². The van der Waals surface area contributed by atoms with Gasteiger partial charge in [0.2, 0.25) is 0 Å². The van der Waals surface area contributed by atoms with Gasteiger partial charge in [0.05, 0.1) is 5.52 Å². The molecule has 4 aliphatic rings. The Labute approximate surface area is 139 Å². The van der Waals surface area contributed by atoms with Crippen molar-refractivity contribution in [3.63, 3.8) is 0 Å². The van der Waals surface area contributed by atoms with E-state index in [1.807, 2.05) is 0 Å². The Morgan fingerprint density at radius 2 is 1.74 bits per heavy atom. The molecule has 0 spiro atoms. The molecule has 1 aromatic carbocycles. The molecule has 1 aromatic heterocycles. The zero-order valence-corrected chi connectivity index (χ0v) is 13.6. The van der Waals surface area contributed by atoms with Crippen LogP contribution in [0.4, 0.5) is 4.39 Å². The molecular formula is C19H19ClFNO. The molecule has 0 amide bonds. The molecule has 2 aromatic rings. The lowest BCUT2D eigenvalue weighted by Gasteiger charge is -2.56. The highest BCUT2D eigenvalue weighted by Gasteiger charge is 2.53. The van der Waals surface area contributed by atoms with E-state index in [2.05, 4.69) is 4.98 Å². The first-order valence-corrected chi connectivity index (χ1v) is 8.92. The van der Waals surface area contributed by atoms with Crippen LogP contribution in [-0.2, 0) is 5.41 Å². The maximum atomic E-state index is 14.3. The molecule has 4 saturated carbocycles. The van der Waals surface area contributed by atoms with Crippen LogP contribution in [0.1, 0.15) is 54.6 Å². The summed E-state index contributed by atoms with van der Waals surface area (Å²) in [5.41, 5.74) is 2.08. The Balaban J connectivity index is 1.74. The number of carbonyl (C=O) groups is 1. The Morgan fingerprint density at radius 1 is 1.13 bits per heavy atom. The third-order valence-corrected chi connectivity index (χ3v) is 6.77. The molecule has 0 saturated heterocycles. The molecule has 4 aliphatic carbocycles. The van der Waals surface area contributed by atoms with Crippen LogP contribution in [0.3, 0.4) is 0 Å². The first-order valence-electron chi connectivity index (χ1n) is 8.54. The quantitative estimate of drug-likeness (QED) is 0.750. The molecule has 2 nitrogen and oxygen atoms in total. The lowest BCUT2D eigenvalue weighted by Crippen LogP contribution is -2.49. The zero-order chi connectivity index (χ0) is 15.8. The Kier molecular flexibility index (Phi) is 2.80. The summed E-state index contributed by atoms with van der Waals surface area (Å²) in [5.74, 6) is 1.97. The van der Waals surface area contributed by atoms with Gasteiger partial charge < -0.3 is 4.98 Å². The summed E-state index contributed by atoms with van der Waals surface area (Å²) in [4.78, 5) is 15.1. The van der Waals surface area contributed by atoms with Gasteiger partial charge in [-0.1, -0.05) is 11.6 Å². The van der Waals surface area contributed by atoms with Gasteiger partial charge in [-0.2, -0.15) is 0 Å². The van der Waals surface area contributed by atoms with Crippen molar-refractivity contribution in [3.05, 3.63) is 34.2 Å². The van der Waals surface area contributed by atoms with Crippen molar-refractivity contribution in [1.82, 2.24) is 4.98 Å². The van der Waals surface area contributed by atoms with Crippen molar-refractivity contribution in [2.24, 2.45) is 17.8 Å². The highest BCUT2D eigenvalue weighted by molar-refractivity contribution is 6.31. The van der Waals surface area contributed by atoms with E-state index >= 15 is 0 Å². The Hall–Kier alpha value is -1.35. The highest BCUT2D eigenvalue weighted by Crippen LogP contribution is 2.61. The number of aromatic amines is 1. The number of carbonyl (C=O) groups excluding carboxylic acids is 1. The van der Waals surface area contributed by atoms with Crippen LogP contribution >= 0.6 is 11.6 Å². The predicted molar refractivity (Wildman–Crippen MR) is 88.5 cm³/mol. The molecule has 1 N–H and O–H groups in total. The van der Waals surface area contributed by atoms with Crippen LogP contribution in [0.5, 0.6) is 0 Å². The molecule has 6 rings (SSSR count). The van der Waals surface area contributed by atoms with Gasteiger partial charge in [-0.15, -0.1) is 0 Å². The summed E-state index contributed by atoms with van der Waals surface area (Å²) in [6.07, 6.45) is 8.34. The van der Waals surface area contributed by atoms with Crippen LogP contribution in [0.25, 0.3) is 10.9 Å². The normalized spacial score (nSPS) is 35.1. The van der Waals surface area contributed by atoms with E-state index in [9.17, 15) is 9.18 Å². The number of benzene rings is 1. The number of aldehydes is 1. The SMILES string of the molecule is O=Cc1c(C23CC4CC(CC(C4)C2)C3)[nH]c2c(F)cc(Cl)cc12. The lowest BCUT2D eigenvalue weighted by atomic mass is 9.48. The van der Waals surface area contributed by atoms with E-state index in [1.54, 1.807) is 6.07 Å². The first-order chi connectivity index (χ1) is 11.1. The lowest BCUT2D eigenvalue weighted by molar-refractivity contribution is -0.00711. The predicted octanol–water partition coefficient (Wildman–Crippen LogP) is 5.24. The van der Waals surface area contributed by atoms with Crippen molar-refractivity contribution < 1.29 is 9.18 Å². The van der Waals surface area contributed by atoms with Crippen molar-refractivity contribution in [2.75, 3.05) is 0 Å². The summed E-state index contributed by atoms with van der Waals surface area (Å²) in [6, 6.07) is 3.03. The zero-order valence-electron chi connectivity index (χ0n) is 12.9. The topological polar surface area (TPSA) is 32.9 Å². The van der Waals surface area contributed by atoms with Crippen LogP contribution in [0.15, 0.2) is 12.1 Å². The Morgan fingerprint density at radius 3 is 2.30 bits per heavy atom. The fraction of sp³-hybridized carbons (Fsp3) is 0.526. The molecule has 1 heterocycles. The van der Waals surface area contributed by atoms with Gasteiger partial charge in [0.25, 0.3) is 0 Å². The van der Waals surface area contributed by atoms with Gasteiger partial charge in [0, 0.05) is 27.1 Å². The second-order valence-corrected chi connectivity index (χ2v) is 8.48. The van der Waals surface area contributed by atoms with Crippen molar-refractivity contribution in [2.45, 2.75) is 43.9 Å². The average molecular weight is 332 g/mol. The van der Waals surface area contributed by atoms with Crippen molar-refractivity contribution in [3.8, 4) is 0 Å². The summed E-state index contributed by atoms with van der Waals surface area (Å²) in [7, 11) is 0. The molecule has 0 radical (unpaired) electrons. The number of halogens is 2. The number of hydrogen-bond acceptors (Lipinski definition) is 1. The number of H-pyrrole nitrogens is 1. The molecule has 4 heteroatoms. The van der Waals surface area contributed by atoms with E-state index < -0.39 is 0 Å². The maximum Gasteiger partial charge on any atom is 0.152 e. The van der Waals surface area contributed by atoms with Crippen LogP contribution in [0.2, 0.25) is 5.02 Å². The summed E-state index contributed by atoms with van der Waals surface area (Å²) in [6.45, 7) is 0. The molecular weight excluding hydrogens is 313 g/mol. The number of aromatic nitrogens is 1. The minimum atomic E-state index is -0.369. The number of rotatable bonds is 2. The third kappa shape index (κ3) is 1.89. The molecule has 0 unspecified atom stereocenters. The van der Waals surface area contributed by atoms with Crippen LogP contribution in [0, 0.1) is 23.6 Å². The number of nitrogens with one attached hydrogen (secondary N) is 1. The maximum absolute atomic E-state index is 14.3. The van der Waals surface area contributed by atoms with E-state index in [0.717, 1.165) is 49.0 Å². The second kappa shape index (κ2) is 4.60. The van der Waals surface area contributed by atoms with Gasteiger partial charge in [0.15, 0.2) is 6.29 Å². The summed E-state index contributed by atoms with van der Waals surface area (Å²) < 4.78 is 14.3. The van der Waals surface area contributed by atoms with Gasteiger partial charge >= 0.3 is 0 Å². The van der Waals surface area contributed by atoms with Crippen molar-refractivity contribution >= 4 is 28.8 Å². The highest BCUT2D eigenvalue weighted by atomic mass is 35.5. The molecule has 4 bridgehead atoms. The summed E-state index contributed by atoms with van der Waals surface area (Å²) in [5, 5.41) is 0.977.